The van der Waals surface area contributed by atoms with Gasteiger partial charge in [0.15, 0.2) is 0 Å². The molecule has 1 unspecified atom stereocenters. The average Bonchev–Trinajstić information content (AvgIpc) is 2.28. The van der Waals surface area contributed by atoms with Crippen LogP contribution in [0.4, 0.5) is 0 Å². The molecule has 0 radical (unpaired) electrons. The lowest BCUT2D eigenvalue weighted by atomic mass is 10.2. The SMILES string of the molecule is CC(O)CCN(C)C(=O)c1ccc(Br)c(O)c1. The molecule has 0 saturated heterocycles. The molecule has 17 heavy (non-hydrogen) atoms. The maximum Gasteiger partial charge on any atom is 0.253 e. The number of carbonyl (C=O) groups excluding carboxylic acids is 1. The Morgan fingerprint density at radius 3 is 2.71 bits per heavy atom. The van der Waals surface area contributed by atoms with E-state index in [0.29, 0.717) is 23.0 Å². The number of amides is 1. The Labute approximate surface area is 109 Å². The smallest absolute Gasteiger partial charge is 0.253 e. The number of benzene rings is 1. The van der Waals surface area contributed by atoms with E-state index in [2.05, 4.69) is 15.9 Å². The van der Waals surface area contributed by atoms with Crippen LogP contribution < -0.4 is 0 Å². The Morgan fingerprint density at radius 1 is 1.53 bits per heavy atom. The van der Waals surface area contributed by atoms with E-state index in [1.807, 2.05) is 0 Å². The number of aliphatic hydroxyl groups is 1. The molecule has 2 N–H and O–H groups in total. The second-order valence-corrected chi connectivity index (χ2v) is 4.88. The van der Waals surface area contributed by atoms with Crippen LogP contribution in [0.15, 0.2) is 22.7 Å². The van der Waals surface area contributed by atoms with Gasteiger partial charge >= 0.3 is 0 Å². The van der Waals surface area contributed by atoms with E-state index in [0.717, 1.165) is 0 Å². The maximum absolute atomic E-state index is 11.9. The minimum absolute atomic E-state index is 0.0415. The second-order valence-electron chi connectivity index (χ2n) is 4.03. The number of phenolic OH excluding ortho intramolecular Hbond substituents is 1. The van der Waals surface area contributed by atoms with Gasteiger partial charge in [-0.1, -0.05) is 0 Å². The van der Waals surface area contributed by atoms with Crippen molar-refractivity contribution in [2.45, 2.75) is 19.4 Å². The van der Waals surface area contributed by atoms with Gasteiger partial charge in [-0.2, -0.15) is 0 Å². The van der Waals surface area contributed by atoms with E-state index in [9.17, 15) is 9.90 Å². The number of nitrogens with zero attached hydrogens (tertiary/aromatic N) is 1. The van der Waals surface area contributed by atoms with Crippen molar-refractivity contribution in [3.8, 4) is 5.75 Å². The van der Waals surface area contributed by atoms with Gasteiger partial charge in [-0.3, -0.25) is 4.79 Å². The summed E-state index contributed by atoms with van der Waals surface area (Å²) in [5.74, 6) is -0.131. The predicted molar refractivity (Wildman–Crippen MR) is 69.1 cm³/mol. The minimum Gasteiger partial charge on any atom is -0.507 e. The summed E-state index contributed by atoms with van der Waals surface area (Å²) in [5, 5.41) is 18.6. The summed E-state index contributed by atoms with van der Waals surface area (Å²) in [6, 6.07) is 4.70. The van der Waals surface area contributed by atoms with Gasteiger partial charge in [-0.05, 0) is 47.5 Å². The van der Waals surface area contributed by atoms with Crippen LogP contribution in [0.25, 0.3) is 0 Å². The van der Waals surface area contributed by atoms with Gasteiger partial charge in [0.2, 0.25) is 0 Å². The van der Waals surface area contributed by atoms with Gasteiger partial charge in [0.1, 0.15) is 5.75 Å². The summed E-state index contributed by atoms with van der Waals surface area (Å²) < 4.78 is 0.556. The molecule has 5 heteroatoms. The third kappa shape index (κ3) is 4.02. The van der Waals surface area contributed by atoms with E-state index in [1.54, 1.807) is 26.1 Å². The fourth-order valence-electron chi connectivity index (χ4n) is 1.35. The topological polar surface area (TPSA) is 60.8 Å². The quantitative estimate of drug-likeness (QED) is 0.894. The first kappa shape index (κ1) is 14.0. The molecule has 4 nitrogen and oxygen atoms in total. The van der Waals surface area contributed by atoms with E-state index in [-0.39, 0.29) is 11.7 Å². The molecule has 0 aliphatic carbocycles. The molecule has 94 valence electrons. The molecule has 0 fully saturated rings. The van der Waals surface area contributed by atoms with Gasteiger partial charge < -0.3 is 15.1 Å². The van der Waals surface area contributed by atoms with Crippen molar-refractivity contribution in [2.24, 2.45) is 0 Å². The highest BCUT2D eigenvalue weighted by Crippen LogP contribution is 2.24. The van der Waals surface area contributed by atoms with Crippen LogP contribution in [0, 0.1) is 0 Å². The Kier molecular flexibility index (Phi) is 4.96. The number of aliphatic hydroxyl groups excluding tert-OH is 1. The summed E-state index contributed by atoms with van der Waals surface area (Å²) in [7, 11) is 1.67. The van der Waals surface area contributed by atoms with Gasteiger partial charge in [-0.15, -0.1) is 0 Å². The summed E-state index contributed by atoms with van der Waals surface area (Å²) in [6.07, 6.45) is 0.105. The lowest BCUT2D eigenvalue weighted by Crippen LogP contribution is -2.29. The van der Waals surface area contributed by atoms with Crippen molar-refractivity contribution >= 4 is 21.8 Å². The fraction of sp³-hybridized carbons (Fsp3) is 0.417. The number of hydrogen-bond acceptors (Lipinski definition) is 3. The highest BCUT2D eigenvalue weighted by molar-refractivity contribution is 9.10. The minimum atomic E-state index is -0.427. The molecule has 1 aromatic rings. The molecule has 1 atom stereocenters. The Hall–Kier alpha value is -1.07. The lowest BCUT2D eigenvalue weighted by Gasteiger charge is -2.18. The van der Waals surface area contributed by atoms with Crippen LogP contribution in [0.1, 0.15) is 23.7 Å². The van der Waals surface area contributed by atoms with Crippen LogP contribution in [0.5, 0.6) is 5.75 Å². The van der Waals surface area contributed by atoms with Crippen molar-refractivity contribution in [1.29, 1.82) is 0 Å². The van der Waals surface area contributed by atoms with E-state index in [4.69, 9.17) is 5.11 Å². The van der Waals surface area contributed by atoms with Crippen molar-refractivity contribution in [3.63, 3.8) is 0 Å². The molecule has 0 aliphatic rings. The number of rotatable bonds is 4. The molecule has 0 aromatic heterocycles. The molecule has 0 aliphatic heterocycles. The summed E-state index contributed by atoms with van der Waals surface area (Å²) in [6.45, 7) is 2.16. The van der Waals surface area contributed by atoms with Crippen molar-refractivity contribution < 1.29 is 15.0 Å². The van der Waals surface area contributed by atoms with Crippen LogP contribution in [-0.4, -0.2) is 40.7 Å². The first-order chi connectivity index (χ1) is 7.91. The number of aromatic hydroxyl groups is 1. The lowest BCUT2D eigenvalue weighted by molar-refractivity contribution is 0.0768. The summed E-state index contributed by atoms with van der Waals surface area (Å²) >= 11 is 3.16. The molecule has 0 heterocycles. The molecule has 1 amide bonds. The predicted octanol–water partition coefficient (Wildman–Crippen LogP) is 2.00. The normalized spacial score (nSPS) is 12.2. The van der Waals surface area contributed by atoms with Gasteiger partial charge in [0.05, 0.1) is 10.6 Å². The largest absolute Gasteiger partial charge is 0.507 e. The van der Waals surface area contributed by atoms with Crippen molar-refractivity contribution in [1.82, 2.24) is 4.90 Å². The monoisotopic (exact) mass is 301 g/mol. The van der Waals surface area contributed by atoms with E-state index in [1.165, 1.54) is 11.0 Å². The van der Waals surface area contributed by atoms with Crippen LogP contribution in [0.3, 0.4) is 0 Å². The number of phenols is 1. The highest BCUT2D eigenvalue weighted by Gasteiger charge is 2.13. The second kappa shape index (κ2) is 6.02. The molecular weight excluding hydrogens is 286 g/mol. The molecule has 1 rings (SSSR count). The van der Waals surface area contributed by atoms with Crippen LogP contribution >= 0.6 is 15.9 Å². The molecule has 0 saturated carbocycles. The first-order valence-corrected chi connectivity index (χ1v) is 6.13. The molecule has 1 aromatic carbocycles. The number of carbonyl (C=O) groups is 1. The maximum atomic E-state index is 11.9. The zero-order chi connectivity index (χ0) is 13.0. The van der Waals surface area contributed by atoms with Crippen molar-refractivity contribution in [3.05, 3.63) is 28.2 Å². The van der Waals surface area contributed by atoms with E-state index < -0.39 is 6.10 Å². The zero-order valence-corrected chi connectivity index (χ0v) is 11.4. The zero-order valence-electron chi connectivity index (χ0n) is 9.85. The highest BCUT2D eigenvalue weighted by atomic mass is 79.9. The summed E-state index contributed by atoms with van der Waals surface area (Å²) in [4.78, 5) is 13.5. The van der Waals surface area contributed by atoms with E-state index >= 15 is 0 Å². The fourth-order valence-corrected chi connectivity index (χ4v) is 1.59. The standard InChI is InChI=1S/C12H16BrNO3/c1-8(15)5-6-14(2)12(17)9-3-4-10(13)11(16)7-9/h3-4,7-8,15-16H,5-6H2,1-2H3. The third-order valence-electron chi connectivity index (χ3n) is 2.42. The average molecular weight is 302 g/mol. The molecular formula is C12H16BrNO3. The Morgan fingerprint density at radius 2 is 2.18 bits per heavy atom. The third-order valence-corrected chi connectivity index (χ3v) is 3.09. The number of hydrogen-bond donors (Lipinski definition) is 2. The Balaban J connectivity index is 2.71. The van der Waals surface area contributed by atoms with Crippen LogP contribution in [-0.2, 0) is 0 Å². The molecule has 0 spiro atoms. The first-order valence-electron chi connectivity index (χ1n) is 5.34. The van der Waals surface area contributed by atoms with Gasteiger partial charge in [-0.25, -0.2) is 0 Å². The summed E-state index contributed by atoms with van der Waals surface area (Å²) in [5.41, 5.74) is 0.429. The number of halogens is 1. The Bertz CT molecular complexity index is 407. The van der Waals surface area contributed by atoms with Gasteiger partial charge in [0.25, 0.3) is 5.91 Å². The molecule has 0 bridgehead atoms. The van der Waals surface area contributed by atoms with Crippen molar-refractivity contribution in [2.75, 3.05) is 13.6 Å². The van der Waals surface area contributed by atoms with Crippen LogP contribution in [0.2, 0.25) is 0 Å². The van der Waals surface area contributed by atoms with Gasteiger partial charge in [0, 0.05) is 19.2 Å².